The molecule has 0 unspecified atom stereocenters. The highest BCUT2D eigenvalue weighted by Crippen LogP contribution is 2.31. The number of carbonyl (C=O) groups is 1. The van der Waals surface area contributed by atoms with E-state index in [1.807, 2.05) is 18.3 Å². The fourth-order valence-electron chi connectivity index (χ4n) is 2.88. The van der Waals surface area contributed by atoms with Crippen LogP contribution < -0.4 is 10.6 Å². The SMILES string of the molecule is O=C(Nc1ncc(C2CCNCC2)s1)c1cnn(-c2cccnc2)c1. The number of nitrogens with zero attached hydrogens (tertiary/aromatic N) is 4. The van der Waals surface area contributed by atoms with Gasteiger partial charge in [-0.25, -0.2) is 9.67 Å². The van der Waals surface area contributed by atoms with Gasteiger partial charge in [0.2, 0.25) is 0 Å². The Bertz CT molecular complexity index is 853. The van der Waals surface area contributed by atoms with Gasteiger partial charge >= 0.3 is 0 Å². The lowest BCUT2D eigenvalue weighted by Crippen LogP contribution is -2.26. The first-order chi connectivity index (χ1) is 12.3. The maximum atomic E-state index is 12.4. The smallest absolute Gasteiger partial charge is 0.260 e. The number of amides is 1. The molecular formula is C17H18N6OS. The van der Waals surface area contributed by atoms with Gasteiger partial charge in [0.25, 0.3) is 5.91 Å². The fourth-order valence-corrected chi connectivity index (χ4v) is 3.86. The lowest BCUT2D eigenvalue weighted by atomic mass is 9.97. The van der Waals surface area contributed by atoms with Crippen LogP contribution in [0.15, 0.2) is 43.1 Å². The molecule has 1 fully saturated rings. The average molecular weight is 354 g/mol. The van der Waals surface area contributed by atoms with Crippen molar-refractivity contribution in [3.05, 3.63) is 53.6 Å². The summed E-state index contributed by atoms with van der Waals surface area (Å²) in [5.41, 5.74) is 1.30. The Morgan fingerprint density at radius 2 is 2.16 bits per heavy atom. The second kappa shape index (κ2) is 7.12. The van der Waals surface area contributed by atoms with Crippen LogP contribution in [0.4, 0.5) is 5.13 Å². The van der Waals surface area contributed by atoms with Crippen LogP contribution in [0.25, 0.3) is 5.69 Å². The molecule has 25 heavy (non-hydrogen) atoms. The molecule has 1 aliphatic rings. The molecule has 3 aromatic rings. The molecule has 128 valence electrons. The van der Waals surface area contributed by atoms with Gasteiger partial charge < -0.3 is 5.32 Å². The zero-order valence-electron chi connectivity index (χ0n) is 13.6. The first-order valence-electron chi connectivity index (χ1n) is 8.22. The number of hydrogen-bond acceptors (Lipinski definition) is 6. The van der Waals surface area contributed by atoms with Crippen LogP contribution in [0.1, 0.15) is 34.0 Å². The van der Waals surface area contributed by atoms with Crippen molar-refractivity contribution in [2.75, 3.05) is 18.4 Å². The molecule has 0 aliphatic carbocycles. The monoisotopic (exact) mass is 354 g/mol. The van der Waals surface area contributed by atoms with E-state index in [2.05, 4.69) is 25.7 Å². The number of carbonyl (C=O) groups excluding carboxylic acids is 1. The average Bonchev–Trinajstić information content (AvgIpc) is 3.33. The third kappa shape index (κ3) is 3.59. The quantitative estimate of drug-likeness (QED) is 0.752. The molecule has 4 rings (SSSR count). The van der Waals surface area contributed by atoms with Crippen molar-refractivity contribution in [3.8, 4) is 5.69 Å². The van der Waals surface area contributed by atoms with E-state index in [0.29, 0.717) is 16.6 Å². The molecule has 0 bridgehead atoms. The van der Waals surface area contributed by atoms with Crippen molar-refractivity contribution in [1.82, 2.24) is 25.1 Å². The summed E-state index contributed by atoms with van der Waals surface area (Å²) in [6.07, 6.45) is 10.7. The zero-order chi connectivity index (χ0) is 17.1. The molecule has 8 heteroatoms. The largest absolute Gasteiger partial charge is 0.317 e. The molecule has 4 heterocycles. The van der Waals surface area contributed by atoms with Crippen molar-refractivity contribution >= 4 is 22.4 Å². The van der Waals surface area contributed by atoms with Crippen LogP contribution in [0.5, 0.6) is 0 Å². The molecule has 0 saturated carbocycles. The number of thiazole rings is 1. The van der Waals surface area contributed by atoms with Gasteiger partial charge in [-0.15, -0.1) is 11.3 Å². The minimum absolute atomic E-state index is 0.207. The number of hydrogen-bond donors (Lipinski definition) is 2. The van der Waals surface area contributed by atoms with E-state index >= 15 is 0 Å². The molecule has 2 N–H and O–H groups in total. The Kier molecular flexibility index (Phi) is 4.53. The van der Waals surface area contributed by atoms with Gasteiger partial charge in [-0.05, 0) is 44.0 Å². The van der Waals surface area contributed by atoms with Gasteiger partial charge in [0.15, 0.2) is 5.13 Å². The molecular weight excluding hydrogens is 336 g/mol. The first kappa shape index (κ1) is 15.9. The van der Waals surface area contributed by atoms with Crippen molar-refractivity contribution in [2.45, 2.75) is 18.8 Å². The van der Waals surface area contributed by atoms with Gasteiger partial charge in [0, 0.05) is 23.5 Å². The molecule has 1 aliphatic heterocycles. The van der Waals surface area contributed by atoms with Crippen molar-refractivity contribution < 1.29 is 4.79 Å². The number of pyridine rings is 1. The molecule has 0 aromatic carbocycles. The van der Waals surface area contributed by atoms with Crippen LogP contribution in [0.3, 0.4) is 0 Å². The number of nitrogens with one attached hydrogen (secondary N) is 2. The summed E-state index contributed by atoms with van der Waals surface area (Å²) in [6, 6.07) is 3.71. The predicted octanol–water partition coefficient (Wildman–Crippen LogP) is 2.44. The second-order valence-electron chi connectivity index (χ2n) is 5.93. The zero-order valence-corrected chi connectivity index (χ0v) is 14.4. The third-order valence-electron chi connectivity index (χ3n) is 4.24. The van der Waals surface area contributed by atoms with E-state index in [9.17, 15) is 4.79 Å². The van der Waals surface area contributed by atoms with Gasteiger partial charge in [-0.3, -0.25) is 15.1 Å². The molecule has 3 aromatic heterocycles. The molecule has 7 nitrogen and oxygen atoms in total. The molecule has 0 atom stereocenters. The maximum absolute atomic E-state index is 12.4. The number of rotatable bonds is 4. The fraction of sp³-hybridized carbons (Fsp3) is 0.294. The summed E-state index contributed by atoms with van der Waals surface area (Å²) in [4.78, 5) is 22.1. The standard InChI is InChI=1S/C17H18N6OS/c24-16(13-8-21-23(11-13)14-2-1-5-19-9-14)22-17-20-10-15(25-17)12-3-6-18-7-4-12/h1-2,5,8-12,18H,3-4,6-7H2,(H,20,22,24). The highest BCUT2D eigenvalue weighted by atomic mass is 32.1. The third-order valence-corrected chi connectivity index (χ3v) is 5.32. The van der Waals surface area contributed by atoms with E-state index in [4.69, 9.17) is 0 Å². The van der Waals surface area contributed by atoms with Crippen LogP contribution in [0, 0.1) is 0 Å². The van der Waals surface area contributed by atoms with Crippen LogP contribution in [0.2, 0.25) is 0 Å². The number of piperidine rings is 1. The lowest BCUT2D eigenvalue weighted by molar-refractivity contribution is 0.102. The van der Waals surface area contributed by atoms with Crippen LogP contribution in [-0.2, 0) is 0 Å². The van der Waals surface area contributed by atoms with Crippen molar-refractivity contribution in [3.63, 3.8) is 0 Å². The summed E-state index contributed by atoms with van der Waals surface area (Å²) in [6.45, 7) is 2.08. The van der Waals surface area contributed by atoms with E-state index in [1.165, 1.54) is 4.88 Å². The lowest BCUT2D eigenvalue weighted by Gasteiger charge is -2.20. The van der Waals surface area contributed by atoms with E-state index in [-0.39, 0.29) is 5.91 Å². The summed E-state index contributed by atoms with van der Waals surface area (Å²) < 4.78 is 1.63. The van der Waals surface area contributed by atoms with Crippen molar-refractivity contribution in [2.24, 2.45) is 0 Å². The van der Waals surface area contributed by atoms with Gasteiger partial charge in [-0.2, -0.15) is 5.10 Å². The highest BCUT2D eigenvalue weighted by Gasteiger charge is 2.19. The summed E-state index contributed by atoms with van der Waals surface area (Å²) in [5, 5.41) is 11.1. The Labute approximate surface area is 149 Å². The topological polar surface area (TPSA) is 84.7 Å². The van der Waals surface area contributed by atoms with Gasteiger partial charge in [-0.1, -0.05) is 0 Å². The Balaban J connectivity index is 1.44. The predicted molar refractivity (Wildman–Crippen MR) is 96.3 cm³/mol. The molecule has 1 saturated heterocycles. The van der Waals surface area contributed by atoms with Crippen molar-refractivity contribution in [1.29, 1.82) is 0 Å². The molecule has 0 spiro atoms. The minimum atomic E-state index is -0.207. The van der Waals surface area contributed by atoms with Gasteiger partial charge in [0.05, 0.1) is 23.6 Å². The molecule has 0 radical (unpaired) electrons. The van der Waals surface area contributed by atoms with E-state index in [1.54, 1.807) is 40.8 Å². The summed E-state index contributed by atoms with van der Waals surface area (Å²) in [7, 11) is 0. The Morgan fingerprint density at radius 3 is 2.96 bits per heavy atom. The van der Waals surface area contributed by atoms with Crippen LogP contribution >= 0.6 is 11.3 Å². The Hall–Kier alpha value is -2.58. The Morgan fingerprint density at radius 1 is 1.28 bits per heavy atom. The first-order valence-corrected chi connectivity index (χ1v) is 9.04. The summed E-state index contributed by atoms with van der Waals surface area (Å²) >= 11 is 1.56. The molecule has 1 amide bonds. The second-order valence-corrected chi connectivity index (χ2v) is 6.99. The highest BCUT2D eigenvalue weighted by molar-refractivity contribution is 7.15. The van der Waals surface area contributed by atoms with E-state index < -0.39 is 0 Å². The number of aromatic nitrogens is 4. The summed E-state index contributed by atoms with van der Waals surface area (Å²) in [5.74, 6) is 0.332. The number of anilines is 1. The van der Waals surface area contributed by atoms with Crippen LogP contribution in [-0.4, -0.2) is 38.7 Å². The van der Waals surface area contributed by atoms with E-state index in [0.717, 1.165) is 31.6 Å². The maximum Gasteiger partial charge on any atom is 0.260 e. The minimum Gasteiger partial charge on any atom is -0.317 e. The normalized spacial score (nSPS) is 15.2. The van der Waals surface area contributed by atoms with Gasteiger partial charge in [0.1, 0.15) is 0 Å².